The van der Waals surface area contributed by atoms with E-state index in [9.17, 15) is 105 Å². The molecule has 6 aliphatic rings. The van der Waals surface area contributed by atoms with E-state index in [1.54, 1.807) is 173 Å². The first kappa shape index (κ1) is 77.1. The van der Waals surface area contributed by atoms with Crippen LogP contribution < -0.4 is 21.9 Å². The van der Waals surface area contributed by atoms with Gasteiger partial charge in [0.2, 0.25) is 0 Å². The molecule has 0 heterocycles. The van der Waals surface area contributed by atoms with E-state index in [4.69, 9.17) is 0 Å². The molecule has 6 aliphatic carbocycles. The Morgan fingerprint density at radius 3 is 0.538 bits per heavy atom. The van der Waals surface area contributed by atoms with E-state index in [0.29, 0.717) is 0 Å². The molecule has 2 bridgehead atoms. The van der Waals surface area contributed by atoms with Crippen molar-refractivity contribution in [3.05, 3.63) is 117 Å². The molecule has 0 unspecified atom stereocenters. The minimum absolute atomic E-state index is 0. The van der Waals surface area contributed by atoms with Gasteiger partial charge in [-0.1, -0.05) is 99.9 Å². The smallest absolute Gasteiger partial charge is 0.194 e. The van der Waals surface area contributed by atoms with Gasteiger partial charge in [0.1, 0.15) is 6.15 Å². The van der Waals surface area contributed by atoms with Crippen LogP contribution >= 0.6 is 15.8 Å². The van der Waals surface area contributed by atoms with Crippen molar-refractivity contribution in [1.82, 2.24) is 0 Å². The summed E-state index contributed by atoms with van der Waals surface area (Å²) < 4.78 is 341. The summed E-state index contributed by atoms with van der Waals surface area (Å²) in [4.78, 5) is 0. The third kappa shape index (κ3) is 19.8. The van der Waals surface area contributed by atoms with E-state index in [1.165, 1.54) is 34.5 Å². The molecule has 0 atom stereocenters. The summed E-state index contributed by atoms with van der Waals surface area (Å²) in [5.74, 6) is 2.34. The van der Waals surface area contributed by atoms with Crippen molar-refractivity contribution in [2.45, 2.75) is 233 Å². The molecule has 0 aliphatic heterocycles. The van der Waals surface area contributed by atoms with Crippen LogP contribution in [0.3, 0.4) is 0 Å². The van der Waals surface area contributed by atoms with Crippen LogP contribution in [0.5, 0.6) is 0 Å². The van der Waals surface area contributed by atoms with Gasteiger partial charge >= 0.3 is 49.4 Å². The molecule has 28 heteroatoms. The minimum Gasteiger partial charge on any atom is -0.194 e. The summed E-state index contributed by atoms with van der Waals surface area (Å²) in [6.45, 7) is 0. The quantitative estimate of drug-likeness (QED) is 0.0798. The molecule has 0 nitrogen and oxygen atoms in total. The molecule has 10 rings (SSSR count). The van der Waals surface area contributed by atoms with Crippen molar-refractivity contribution < 1.29 is 125 Å². The van der Waals surface area contributed by atoms with Crippen molar-refractivity contribution in [3.8, 4) is 0 Å². The molecule has 93 heavy (non-hydrogen) atoms. The Hall–Kier alpha value is -3.25. The second-order valence-electron chi connectivity index (χ2n) is 26.3. The summed E-state index contributed by atoms with van der Waals surface area (Å²) in [6.07, 6.45) is -11.5. The largest absolute Gasteiger partial charge is 0.416 e. The number of fused-ring (bicyclic) bond motifs is 2. The van der Waals surface area contributed by atoms with E-state index in [0.717, 1.165) is 0 Å². The fraction of sp³-hybridized carbons (Fsp3) is 0.631. The first-order valence-corrected chi connectivity index (χ1v) is 35.4. The molecule has 0 spiro atoms. The maximum absolute atomic E-state index is 14.2. The molecule has 6 saturated carbocycles. The predicted octanol–water partition coefficient (Wildman–Crippen LogP) is 22.2. The number of benzene rings is 4. The van der Waals surface area contributed by atoms with Gasteiger partial charge in [-0.2, -0.15) is 127 Å². The van der Waals surface area contributed by atoms with Gasteiger partial charge in [-0.05, 0) is 145 Å². The number of halogens is 24. The zero-order chi connectivity index (χ0) is 67.6. The van der Waals surface area contributed by atoms with Crippen molar-refractivity contribution in [3.63, 3.8) is 0 Å². The van der Waals surface area contributed by atoms with Gasteiger partial charge in [0, 0.05) is 35.3 Å². The first-order valence-electron chi connectivity index (χ1n) is 31.7. The van der Waals surface area contributed by atoms with Crippen LogP contribution in [0.1, 0.15) is 205 Å². The van der Waals surface area contributed by atoms with Gasteiger partial charge in [0.05, 0.1) is 79.5 Å². The summed E-state index contributed by atoms with van der Waals surface area (Å²) in [7, 11) is -0.182. The monoisotopic (exact) mass is 1490 g/mol. The SMILES string of the molecule is C1CC2CCC1C2.C1CCC([PH+](CC[PH+](C2CCCCC2)C2CCCCC2)C2CCCCC2)CC1.FC(F)(F)c1cc([B-](c2cc(C(F)(F)F)cc(C(F)(F)F)c2)(c2cc(C(F)(F)F)cc(C(F)(F)F)c2)c2cc(C(F)(F)F)cc(C(F)(F)F)c2)cc(C(F)(F)F)c1.[Rh]. The van der Waals surface area contributed by atoms with E-state index in [1.807, 2.05) is 0 Å². The Morgan fingerprint density at radius 1 is 0.247 bits per heavy atom. The van der Waals surface area contributed by atoms with E-state index in [2.05, 4.69) is 0 Å². The normalized spacial score (nSPS) is 20.7. The van der Waals surface area contributed by atoms with E-state index < -0.39 is 195 Å². The van der Waals surface area contributed by atoms with Crippen LogP contribution in [0, 0.1) is 11.8 Å². The number of hydrogen-bond donors (Lipinski definition) is 0. The molecule has 0 aromatic heterocycles. The maximum Gasteiger partial charge on any atom is 0.416 e. The molecule has 4 aromatic carbocycles. The average molecular weight is 1490 g/mol. The van der Waals surface area contributed by atoms with Gasteiger partial charge in [0.25, 0.3) is 0 Å². The Kier molecular flexibility index (Phi) is 25.3. The standard InChI is InChI=1S/C32H12BF24.C26H48P2.C7H12.Rh/c34-25(35,36)13-1-14(26(37,38)39)6-21(5-13)33(22-7-15(27(40,41)42)2-16(8-22)28(43,44)45,23-9-17(29(46,47)48)3-18(10-23)30(49,50)51)24-11-19(31(52,53)54)4-20(12-24)32(55,56)57;1-5-13-23(14-6-1)27(24-15-7-2-8-16-24)21-22-28(25-17-9-3-10-18-25)26-19-11-4-12-20-26;1-2-7-4-3-6(1)5-7;/h1-12H;23-26H,1-22H2;6-7H,1-5H2;/q-1;;;/p+2. The zero-order valence-electron chi connectivity index (χ0n) is 50.5. The molecule has 523 valence electrons. The summed E-state index contributed by atoms with van der Waals surface area (Å²) in [5.41, 5.74) is -25.3. The molecular weight excluding hydrogens is 1410 g/mol. The van der Waals surface area contributed by atoms with Gasteiger partial charge in [0.15, 0.2) is 0 Å². The van der Waals surface area contributed by atoms with Crippen molar-refractivity contribution >= 4 is 43.8 Å². The Labute approximate surface area is 540 Å². The summed E-state index contributed by atoms with van der Waals surface area (Å²) in [6, 6.07) is -8.81. The summed E-state index contributed by atoms with van der Waals surface area (Å²) in [5, 5.41) is 0. The van der Waals surface area contributed by atoms with E-state index >= 15 is 0 Å². The van der Waals surface area contributed by atoms with E-state index in [-0.39, 0.29) is 35.3 Å². The van der Waals surface area contributed by atoms with Gasteiger partial charge in [-0.3, -0.25) is 0 Å². The third-order valence-corrected chi connectivity index (χ3v) is 29.0. The van der Waals surface area contributed by atoms with Crippen molar-refractivity contribution in [2.24, 2.45) is 11.8 Å². The molecule has 6 fully saturated rings. The third-order valence-electron chi connectivity index (χ3n) is 20.3. The number of hydrogen-bond acceptors (Lipinski definition) is 0. The first-order chi connectivity index (χ1) is 42.6. The molecule has 0 amide bonds. The Morgan fingerprint density at radius 2 is 0.409 bits per heavy atom. The van der Waals surface area contributed by atoms with Crippen molar-refractivity contribution in [2.75, 3.05) is 12.3 Å². The van der Waals surface area contributed by atoms with Crippen LogP contribution in [0.4, 0.5) is 105 Å². The van der Waals surface area contributed by atoms with Crippen LogP contribution in [0.2, 0.25) is 0 Å². The molecular formula is C65H74BF24P2Rh+. The molecule has 4 aromatic rings. The van der Waals surface area contributed by atoms with Crippen LogP contribution in [-0.4, -0.2) is 41.1 Å². The fourth-order valence-corrected chi connectivity index (χ4v) is 25.8. The Balaban J connectivity index is 0.000000277. The molecule has 0 N–H and O–H groups in total. The van der Waals surface area contributed by atoms with Crippen molar-refractivity contribution in [1.29, 1.82) is 0 Å². The fourth-order valence-electron chi connectivity index (χ4n) is 15.9. The second-order valence-corrected chi connectivity index (χ2v) is 32.9. The topological polar surface area (TPSA) is 0 Å². The van der Waals surface area contributed by atoms with Gasteiger partial charge < -0.3 is 0 Å². The zero-order valence-corrected chi connectivity index (χ0v) is 54.1. The summed E-state index contributed by atoms with van der Waals surface area (Å²) >= 11 is 0. The predicted molar refractivity (Wildman–Crippen MR) is 314 cm³/mol. The molecule has 0 saturated heterocycles. The second kappa shape index (κ2) is 30.5. The minimum atomic E-state index is -6.13. The van der Waals surface area contributed by atoms with Crippen LogP contribution in [-0.2, 0) is 68.9 Å². The maximum atomic E-state index is 14.2. The average Bonchev–Trinajstić information content (AvgIpc) is 1.28. The Bertz CT molecular complexity index is 2530. The van der Waals surface area contributed by atoms with Gasteiger partial charge in [-0.25, -0.2) is 0 Å². The number of rotatable bonds is 11. The number of alkyl halides is 24. The molecule has 1 radical (unpaired) electrons. The van der Waals surface area contributed by atoms with Gasteiger partial charge in [-0.15, -0.1) is 0 Å². The van der Waals surface area contributed by atoms with Crippen LogP contribution in [0.15, 0.2) is 72.8 Å². The van der Waals surface area contributed by atoms with Crippen LogP contribution in [0.25, 0.3) is 0 Å².